The smallest absolute Gasteiger partial charge is 0.411 e. The minimum atomic E-state index is -1.06. The number of aromatic amines is 1. The van der Waals surface area contributed by atoms with Gasteiger partial charge in [-0.15, -0.1) is 0 Å². The Bertz CT molecular complexity index is 1800. The van der Waals surface area contributed by atoms with Crippen LogP contribution in [0.5, 0.6) is 0 Å². The maximum Gasteiger partial charge on any atom is 0.411 e. The Hall–Kier alpha value is -5.16. The second-order valence-electron chi connectivity index (χ2n) is 11.3. The topological polar surface area (TPSA) is 153 Å². The number of carbonyl (C=O) groups is 3. The molecule has 1 aliphatic heterocycles. The van der Waals surface area contributed by atoms with Gasteiger partial charge in [0.05, 0.1) is 6.61 Å². The predicted octanol–water partition coefficient (Wildman–Crippen LogP) is 5.27. The Kier molecular flexibility index (Phi) is 9.48. The number of fused-ring (bicyclic) bond motifs is 1. The van der Waals surface area contributed by atoms with Gasteiger partial charge >= 0.3 is 12.1 Å². The monoisotopic (exact) mass is 611 g/mol. The van der Waals surface area contributed by atoms with E-state index in [2.05, 4.69) is 20.9 Å². The number of nitrogens with one attached hydrogen (secondary N) is 4. The Morgan fingerprint density at radius 3 is 2.56 bits per heavy atom. The largest absolute Gasteiger partial charge is 0.479 e. The van der Waals surface area contributed by atoms with Crippen LogP contribution in [-0.2, 0) is 20.9 Å². The molecule has 0 aliphatic carbocycles. The number of nitrogens with zero attached hydrogens (tertiary/aromatic N) is 1. The molecule has 1 aliphatic rings. The maximum atomic E-state index is 12.7. The molecule has 0 saturated carbocycles. The van der Waals surface area contributed by atoms with Crippen molar-refractivity contribution in [2.75, 3.05) is 35.7 Å². The highest BCUT2D eigenvalue weighted by Crippen LogP contribution is 2.29. The lowest BCUT2D eigenvalue weighted by atomic mass is 9.93. The fourth-order valence-corrected chi connectivity index (χ4v) is 5.76. The minimum absolute atomic E-state index is 0.0993. The van der Waals surface area contributed by atoms with E-state index in [9.17, 15) is 24.3 Å². The van der Waals surface area contributed by atoms with E-state index in [4.69, 9.17) is 4.74 Å². The van der Waals surface area contributed by atoms with Crippen molar-refractivity contribution in [2.24, 2.45) is 0 Å². The first-order valence-electron chi connectivity index (χ1n) is 14.9. The molecule has 5 rings (SSSR count). The molecule has 234 valence electrons. The van der Waals surface area contributed by atoms with Gasteiger partial charge in [0.2, 0.25) is 5.91 Å². The average Bonchev–Trinajstić information content (AvgIpc) is 3.44. The summed E-state index contributed by atoms with van der Waals surface area (Å²) < 4.78 is 5.54. The van der Waals surface area contributed by atoms with Gasteiger partial charge in [-0.05, 0) is 84.4 Å². The van der Waals surface area contributed by atoms with Crippen LogP contribution in [0.3, 0.4) is 0 Å². The summed E-state index contributed by atoms with van der Waals surface area (Å²) in [6, 6.07) is 16.7. The molecule has 0 spiro atoms. The van der Waals surface area contributed by atoms with Crippen molar-refractivity contribution in [2.45, 2.75) is 45.2 Å². The highest BCUT2D eigenvalue weighted by molar-refractivity contribution is 5.96. The van der Waals surface area contributed by atoms with Crippen LogP contribution in [0, 0.1) is 6.92 Å². The Balaban J connectivity index is 1.22. The summed E-state index contributed by atoms with van der Waals surface area (Å²) in [5.41, 5.74) is 4.90. The number of carboxylic acid groups (broad SMARTS) is 1. The van der Waals surface area contributed by atoms with Crippen molar-refractivity contribution in [3.63, 3.8) is 0 Å². The summed E-state index contributed by atoms with van der Waals surface area (Å²) in [4.78, 5) is 53.8. The number of rotatable bonds is 11. The van der Waals surface area contributed by atoms with Crippen molar-refractivity contribution in [1.82, 2.24) is 10.3 Å². The fourth-order valence-electron chi connectivity index (χ4n) is 5.76. The zero-order chi connectivity index (χ0) is 32.1. The Labute approximate surface area is 260 Å². The van der Waals surface area contributed by atoms with Crippen molar-refractivity contribution in [3.05, 3.63) is 99.5 Å². The number of anilines is 3. The molecule has 1 aromatic heterocycles. The van der Waals surface area contributed by atoms with Gasteiger partial charge in [-0.2, -0.15) is 0 Å². The molecule has 11 heteroatoms. The molecule has 3 aromatic carbocycles. The Morgan fingerprint density at radius 1 is 1.04 bits per heavy atom. The number of pyridine rings is 1. The van der Waals surface area contributed by atoms with E-state index >= 15 is 0 Å². The molecule has 5 N–H and O–H groups in total. The number of amides is 2. The number of carbonyl (C=O) groups excluding carboxylic acids is 2. The van der Waals surface area contributed by atoms with E-state index in [0.717, 1.165) is 34.2 Å². The summed E-state index contributed by atoms with van der Waals surface area (Å²) in [7, 11) is 1.83. The summed E-state index contributed by atoms with van der Waals surface area (Å²) in [6.07, 6.45) is 2.34. The number of hydrogen-bond donors (Lipinski definition) is 5. The van der Waals surface area contributed by atoms with E-state index in [1.807, 2.05) is 45.2 Å². The second kappa shape index (κ2) is 13.6. The van der Waals surface area contributed by atoms with Crippen LogP contribution in [0.15, 0.2) is 71.7 Å². The lowest BCUT2D eigenvalue weighted by molar-refractivity contribution is -0.138. The van der Waals surface area contributed by atoms with Gasteiger partial charge < -0.3 is 30.4 Å². The van der Waals surface area contributed by atoms with Gasteiger partial charge in [0.15, 0.2) is 6.04 Å². The lowest BCUT2D eigenvalue weighted by Gasteiger charge is -2.21. The van der Waals surface area contributed by atoms with E-state index in [1.165, 1.54) is 0 Å². The molecule has 4 aromatic rings. The summed E-state index contributed by atoms with van der Waals surface area (Å²) >= 11 is 0. The third kappa shape index (κ3) is 7.15. The number of carboxylic acids is 1. The van der Waals surface area contributed by atoms with Gasteiger partial charge in [0.1, 0.15) is 0 Å². The molecule has 2 amide bonds. The molecule has 2 heterocycles. The fraction of sp³-hybridized carbons (Fsp3) is 0.294. The maximum absolute atomic E-state index is 12.7. The van der Waals surface area contributed by atoms with Crippen LogP contribution in [0.25, 0.3) is 10.8 Å². The molecular weight excluding hydrogens is 574 g/mol. The van der Waals surface area contributed by atoms with Gasteiger partial charge in [-0.25, -0.2) is 9.59 Å². The van der Waals surface area contributed by atoms with Crippen LogP contribution in [-0.4, -0.2) is 48.3 Å². The SMILES string of the molecule is CNCc1cc(NC(=O)OC[C@H](C)c2ccc(C(Nc3ccc4cc[nH]c(=O)c4c3)C(=O)O)cc2C)ccc1N1CCCC1=O. The first-order chi connectivity index (χ1) is 21.6. The summed E-state index contributed by atoms with van der Waals surface area (Å²) in [5.74, 6) is -1.12. The third-order valence-electron chi connectivity index (χ3n) is 8.01. The minimum Gasteiger partial charge on any atom is -0.479 e. The number of aliphatic carboxylic acids is 1. The number of hydrogen-bond acceptors (Lipinski definition) is 7. The molecule has 2 atom stereocenters. The standard InChI is InChI=1S/C34H37N5O6/c1-20-15-23(31(33(42)43)37-26-8-6-22-12-13-36-32(41)28(22)17-26)7-10-27(20)21(2)19-45-34(44)38-25-9-11-29(24(16-25)18-35-3)39-14-4-5-30(39)40/h6-13,15-17,21,31,35,37H,4-5,14,18-19H2,1-3H3,(H,36,41)(H,38,44)(H,42,43)/t21-,31?/m0/s1. The van der Waals surface area contributed by atoms with Gasteiger partial charge in [0, 0.05) is 54.1 Å². The van der Waals surface area contributed by atoms with Crippen LogP contribution >= 0.6 is 0 Å². The van der Waals surface area contributed by atoms with Crippen molar-refractivity contribution in [1.29, 1.82) is 0 Å². The number of H-pyrrole nitrogens is 1. The lowest BCUT2D eigenvalue weighted by Crippen LogP contribution is -2.26. The van der Waals surface area contributed by atoms with Crippen molar-refractivity contribution < 1.29 is 24.2 Å². The Morgan fingerprint density at radius 2 is 1.84 bits per heavy atom. The van der Waals surface area contributed by atoms with E-state index < -0.39 is 18.1 Å². The zero-order valence-corrected chi connectivity index (χ0v) is 25.5. The number of ether oxygens (including phenoxy) is 1. The first-order valence-corrected chi connectivity index (χ1v) is 14.9. The van der Waals surface area contributed by atoms with Gasteiger partial charge in [-0.3, -0.25) is 14.9 Å². The van der Waals surface area contributed by atoms with E-state index in [1.54, 1.807) is 47.5 Å². The summed E-state index contributed by atoms with van der Waals surface area (Å²) in [5, 5.41) is 20.1. The zero-order valence-electron chi connectivity index (χ0n) is 25.5. The number of aryl methyl sites for hydroxylation is 1. The second-order valence-corrected chi connectivity index (χ2v) is 11.3. The average molecular weight is 612 g/mol. The molecular formula is C34H37N5O6. The molecule has 0 bridgehead atoms. The predicted molar refractivity (Wildman–Crippen MR) is 174 cm³/mol. The van der Waals surface area contributed by atoms with E-state index in [-0.39, 0.29) is 24.0 Å². The quantitative estimate of drug-likeness (QED) is 0.154. The van der Waals surface area contributed by atoms with Crippen molar-refractivity contribution in [3.8, 4) is 0 Å². The normalized spacial score (nSPS) is 14.3. The first kappa shape index (κ1) is 31.3. The molecule has 1 fully saturated rings. The van der Waals surface area contributed by atoms with E-state index in [0.29, 0.717) is 41.8 Å². The summed E-state index contributed by atoms with van der Waals surface area (Å²) in [6.45, 7) is 5.16. The third-order valence-corrected chi connectivity index (χ3v) is 8.01. The highest BCUT2D eigenvalue weighted by atomic mass is 16.5. The molecule has 0 radical (unpaired) electrons. The van der Waals surface area contributed by atoms with Crippen molar-refractivity contribution >= 4 is 45.8 Å². The molecule has 1 saturated heterocycles. The van der Waals surface area contributed by atoms with Gasteiger partial charge in [-0.1, -0.05) is 31.2 Å². The van der Waals surface area contributed by atoms with Crippen LogP contribution in [0.4, 0.5) is 21.9 Å². The molecule has 45 heavy (non-hydrogen) atoms. The number of benzene rings is 3. The van der Waals surface area contributed by atoms with Gasteiger partial charge in [0.25, 0.3) is 5.56 Å². The van der Waals surface area contributed by atoms with Crippen LogP contribution in [0.1, 0.15) is 54.0 Å². The number of aromatic nitrogens is 1. The van der Waals surface area contributed by atoms with Crippen LogP contribution in [0.2, 0.25) is 0 Å². The molecule has 1 unspecified atom stereocenters. The highest BCUT2D eigenvalue weighted by Gasteiger charge is 2.25. The molecule has 11 nitrogen and oxygen atoms in total. The van der Waals surface area contributed by atoms with Crippen LogP contribution < -0.4 is 26.4 Å².